The van der Waals surface area contributed by atoms with Gasteiger partial charge in [0, 0.05) is 24.2 Å². The van der Waals surface area contributed by atoms with Crippen LogP contribution in [0.2, 0.25) is 0 Å². The summed E-state index contributed by atoms with van der Waals surface area (Å²) in [6, 6.07) is 9.71. The maximum Gasteiger partial charge on any atom is 0.162 e. The van der Waals surface area contributed by atoms with E-state index in [0.29, 0.717) is 23.9 Å². The number of hydrogen-bond donors (Lipinski definition) is 4. The van der Waals surface area contributed by atoms with Crippen molar-refractivity contribution in [2.45, 2.75) is 57.8 Å². The van der Waals surface area contributed by atoms with Crippen LogP contribution in [-0.4, -0.2) is 63.8 Å². The SMILES string of the molecule is CNCC(O)COc1cccc(-c2nc(N[C@H]3CC[C@H](O)CC3)cc(-c3c(C)noc3C)n2)c1. The summed E-state index contributed by atoms with van der Waals surface area (Å²) >= 11 is 0. The lowest BCUT2D eigenvalue weighted by Crippen LogP contribution is -2.29. The highest BCUT2D eigenvalue weighted by atomic mass is 16.5. The summed E-state index contributed by atoms with van der Waals surface area (Å²) in [7, 11) is 1.79. The van der Waals surface area contributed by atoms with Crippen LogP contribution in [0.15, 0.2) is 34.9 Å². The first-order chi connectivity index (χ1) is 16.4. The Morgan fingerprint density at radius 2 is 1.94 bits per heavy atom. The topological polar surface area (TPSA) is 126 Å². The van der Waals surface area contributed by atoms with Gasteiger partial charge in [0.15, 0.2) is 5.82 Å². The summed E-state index contributed by atoms with van der Waals surface area (Å²) in [5.74, 6) is 2.61. The molecule has 1 aromatic carbocycles. The molecule has 0 saturated heterocycles. The number of rotatable bonds is 9. The van der Waals surface area contributed by atoms with Crippen LogP contribution in [0.1, 0.15) is 37.1 Å². The highest BCUT2D eigenvalue weighted by Gasteiger charge is 2.21. The summed E-state index contributed by atoms with van der Waals surface area (Å²) < 4.78 is 11.2. The van der Waals surface area contributed by atoms with Gasteiger partial charge < -0.3 is 30.1 Å². The number of nitrogens with one attached hydrogen (secondary N) is 2. The number of anilines is 1. The van der Waals surface area contributed by atoms with Crippen LogP contribution in [-0.2, 0) is 0 Å². The van der Waals surface area contributed by atoms with Crippen molar-refractivity contribution >= 4 is 5.82 Å². The minimum atomic E-state index is -0.599. The third-order valence-electron chi connectivity index (χ3n) is 6.04. The number of aromatic nitrogens is 3. The first-order valence-corrected chi connectivity index (χ1v) is 11.8. The van der Waals surface area contributed by atoms with E-state index in [9.17, 15) is 10.2 Å². The van der Waals surface area contributed by atoms with E-state index < -0.39 is 6.10 Å². The summed E-state index contributed by atoms with van der Waals surface area (Å²) in [5.41, 5.74) is 3.16. The van der Waals surface area contributed by atoms with Gasteiger partial charge in [-0.1, -0.05) is 17.3 Å². The molecule has 1 atom stereocenters. The average Bonchev–Trinajstić information content (AvgIpc) is 3.17. The lowest BCUT2D eigenvalue weighted by Gasteiger charge is -2.26. The molecule has 0 bridgehead atoms. The largest absolute Gasteiger partial charge is 0.491 e. The molecular formula is C25H33N5O4. The number of hydrogen-bond acceptors (Lipinski definition) is 9. The van der Waals surface area contributed by atoms with Crippen LogP contribution in [0.3, 0.4) is 0 Å². The lowest BCUT2D eigenvalue weighted by atomic mass is 9.93. The molecule has 4 N–H and O–H groups in total. The fraction of sp³-hybridized carbons (Fsp3) is 0.480. The van der Waals surface area contributed by atoms with Crippen molar-refractivity contribution in [1.29, 1.82) is 0 Å². The van der Waals surface area contributed by atoms with Crippen LogP contribution in [0.25, 0.3) is 22.6 Å². The second-order valence-electron chi connectivity index (χ2n) is 8.86. The first kappa shape index (κ1) is 24.1. The molecular weight excluding hydrogens is 434 g/mol. The van der Waals surface area contributed by atoms with Gasteiger partial charge in [0.1, 0.15) is 30.0 Å². The molecule has 1 saturated carbocycles. The van der Waals surface area contributed by atoms with Crippen LogP contribution in [0, 0.1) is 13.8 Å². The highest BCUT2D eigenvalue weighted by molar-refractivity contribution is 5.70. The Hall–Kier alpha value is -3.01. The zero-order valence-electron chi connectivity index (χ0n) is 19.9. The number of aryl methyl sites for hydroxylation is 2. The van der Waals surface area contributed by atoms with Gasteiger partial charge in [-0.25, -0.2) is 9.97 Å². The van der Waals surface area contributed by atoms with E-state index in [-0.39, 0.29) is 18.8 Å². The smallest absolute Gasteiger partial charge is 0.162 e. The van der Waals surface area contributed by atoms with Crippen molar-refractivity contribution < 1.29 is 19.5 Å². The molecule has 0 amide bonds. The molecule has 1 fully saturated rings. The summed E-state index contributed by atoms with van der Waals surface area (Å²) in [5, 5.41) is 30.3. The Bertz CT molecular complexity index is 1080. The predicted molar refractivity (Wildman–Crippen MR) is 130 cm³/mol. The molecule has 182 valence electrons. The van der Waals surface area contributed by atoms with Gasteiger partial charge in [0.25, 0.3) is 0 Å². The standard InChI is InChI=1S/C25H33N5O4/c1-15-24(16(2)34-30-15)22-12-23(27-18-7-9-19(31)10-8-18)29-25(28-22)17-5-4-6-21(11-17)33-14-20(32)13-26-3/h4-6,11-12,18-20,26,31-32H,7-10,13-14H2,1-3H3,(H,27,28,29)/t18-,19-,20?. The zero-order chi connectivity index (χ0) is 24.1. The zero-order valence-corrected chi connectivity index (χ0v) is 19.9. The molecule has 1 unspecified atom stereocenters. The Morgan fingerprint density at radius 1 is 1.15 bits per heavy atom. The Labute approximate surface area is 199 Å². The van der Waals surface area contributed by atoms with Gasteiger partial charge in [-0.15, -0.1) is 0 Å². The molecule has 3 aromatic rings. The van der Waals surface area contributed by atoms with Crippen LogP contribution in [0.4, 0.5) is 5.82 Å². The molecule has 0 radical (unpaired) electrons. The summed E-state index contributed by atoms with van der Waals surface area (Å²) in [6.07, 6.45) is 2.53. The van der Waals surface area contributed by atoms with Gasteiger partial charge in [-0.05, 0) is 58.7 Å². The van der Waals surface area contributed by atoms with E-state index in [4.69, 9.17) is 19.2 Å². The monoisotopic (exact) mass is 467 g/mol. The minimum Gasteiger partial charge on any atom is -0.491 e. The molecule has 9 nitrogen and oxygen atoms in total. The number of ether oxygens (including phenoxy) is 1. The van der Waals surface area contributed by atoms with Gasteiger partial charge in [-0.3, -0.25) is 0 Å². The van der Waals surface area contributed by atoms with Crippen molar-refractivity contribution in [2.75, 3.05) is 25.5 Å². The van der Waals surface area contributed by atoms with E-state index in [1.54, 1.807) is 7.05 Å². The molecule has 2 aromatic heterocycles. The Morgan fingerprint density at radius 3 is 2.65 bits per heavy atom. The summed E-state index contributed by atoms with van der Waals surface area (Å²) in [6.45, 7) is 4.41. The molecule has 0 aliphatic heterocycles. The lowest BCUT2D eigenvalue weighted by molar-refractivity contribution is 0.108. The maximum atomic E-state index is 9.95. The molecule has 4 rings (SSSR count). The molecule has 2 heterocycles. The summed E-state index contributed by atoms with van der Waals surface area (Å²) in [4.78, 5) is 9.63. The van der Waals surface area contributed by atoms with Crippen molar-refractivity contribution in [3.05, 3.63) is 41.8 Å². The number of benzene rings is 1. The maximum absolute atomic E-state index is 9.95. The van der Waals surface area contributed by atoms with E-state index in [1.165, 1.54) is 0 Å². The highest BCUT2D eigenvalue weighted by Crippen LogP contribution is 2.31. The average molecular weight is 468 g/mol. The fourth-order valence-corrected chi connectivity index (χ4v) is 4.27. The van der Waals surface area contributed by atoms with E-state index >= 15 is 0 Å². The molecule has 1 aliphatic rings. The van der Waals surface area contributed by atoms with E-state index in [2.05, 4.69) is 15.8 Å². The number of nitrogens with zero attached hydrogens (tertiary/aromatic N) is 3. The Balaban J connectivity index is 1.65. The fourth-order valence-electron chi connectivity index (χ4n) is 4.27. The van der Waals surface area contributed by atoms with Crippen molar-refractivity contribution in [1.82, 2.24) is 20.4 Å². The second-order valence-corrected chi connectivity index (χ2v) is 8.86. The third kappa shape index (κ3) is 5.91. The second kappa shape index (κ2) is 10.9. The van der Waals surface area contributed by atoms with E-state index in [1.807, 2.05) is 44.2 Å². The van der Waals surface area contributed by atoms with Gasteiger partial charge in [0.05, 0.1) is 23.1 Å². The molecule has 9 heteroatoms. The van der Waals surface area contributed by atoms with Gasteiger partial charge in [-0.2, -0.15) is 0 Å². The van der Waals surface area contributed by atoms with Gasteiger partial charge >= 0.3 is 0 Å². The number of aliphatic hydroxyl groups is 2. The van der Waals surface area contributed by atoms with E-state index in [0.717, 1.165) is 54.0 Å². The minimum absolute atomic E-state index is 0.185. The van der Waals surface area contributed by atoms with Crippen molar-refractivity contribution in [3.8, 4) is 28.4 Å². The molecule has 1 aliphatic carbocycles. The third-order valence-corrected chi connectivity index (χ3v) is 6.04. The van der Waals surface area contributed by atoms with Gasteiger partial charge in [0.2, 0.25) is 0 Å². The molecule has 0 spiro atoms. The Kier molecular flexibility index (Phi) is 7.77. The number of likely N-dealkylation sites (N-methyl/N-ethyl adjacent to an activating group) is 1. The quantitative estimate of drug-likeness (QED) is 0.376. The normalized spacial score (nSPS) is 19.1. The number of aliphatic hydroxyl groups excluding tert-OH is 2. The van der Waals surface area contributed by atoms with Crippen LogP contribution < -0.4 is 15.4 Å². The predicted octanol–water partition coefficient (Wildman–Crippen LogP) is 3.09. The van der Waals surface area contributed by atoms with Crippen molar-refractivity contribution in [3.63, 3.8) is 0 Å². The first-order valence-electron chi connectivity index (χ1n) is 11.8. The van der Waals surface area contributed by atoms with Crippen LogP contribution >= 0.6 is 0 Å². The van der Waals surface area contributed by atoms with Crippen LogP contribution in [0.5, 0.6) is 5.75 Å². The molecule has 34 heavy (non-hydrogen) atoms. The van der Waals surface area contributed by atoms with Crippen molar-refractivity contribution in [2.24, 2.45) is 0 Å².